The van der Waals surface area contributed by atoms with Crippen molar-refractivity contribution in [3.05, 3.63) is 84.1 Å². The largest absolute Gasteiger partial charge is 0.507 e. The Labute approximate surface area is 145 Å². The van der Waals surface area contributed by atoms with Gasteiger partial charge in [0, 0.05) is 23.1 Å². The number of aromatic hydroxyl groups is 1. The fraction of sp³-hybridized carbons (Fsp3) is 0.0455. The van der Waals surface area contributed by atoms with Crippen molar-refractivity contribution < 1.29 is 9.52 Å². The summed E-state index contributed by atoms with van der Waals surface area (Å²) in [4.78, 5) is 4.89. The highest BCUT2D eigenvalue weighted by atomic mass is 16.3. The van der Waals surface area contributed by atoms with Crippen molar-refractivity contribution in [2.75, 3.05) is 0 Å². The van der Waals surface area contributed by atoms with E-state index in [0.717, 1.165) is 40.3 Å². The molecule has 2 aromatic carbocycles. The average molecular weight is 325 g/mol. The quantitative estimate of drug-likeness (QED) is 0.480. The number of phenols is 1. The van der Waals surface area contributed by atoms with Crippen molar-refractivity contribution in [2.45, 2.75) is 6.42 Å². The number of pyridine rings is 1. The monoisotopic (exact) mass is 325 g/mol. The van der Waals surface area contributed by atoms with Gasteiger partial charge in [0.15, 0.2) is 0 Å². The van der Waals surface area contributed by atoms with Gasteiger partial charge in [-0.1, -0.05) is 36.4 Å². The molecule has 5 rings (SSSR count). The van der Waals surface area contributed by atoms with E-state index in [2.05, 4.69) is 18.2 Å². The Kier molecular flexibility index (Phi) is 3.01. The van der Waals surface area contributed by atoms with Crippen LogP contribution in [-0.4, -0.2) is 10.1 Å². The van der Waals surface area contributed by atoms with E-state index in [-0.39, 0.29) is 5.75 Å². The molecule has 4 aromatic rings. The summed E-state index contributed by atoms with van der Waals surface area (Å²) in [5.41, 5.74) is 7.08. The fourth-order valence-corrected chi connectivity index (χ4v) is 3.55. The van der Waals surface area contributed by atoms with Gasteiger partial charge in [0.25, 0.3) is 0 Å². The average Bonchev–Trinajstić information content (AvgIpc) is 3.29. The zero-order valence-electron chi connectivity index (χ0n) is 13.4. The van der Waals surface area contributed by atoms with Crippen LogP contribution in [0.25, 0.3) is 33.8 Å². The maximum absolute atomic E-state index is 10.3. The molecular weight excluding hydrogens is 310 g/mol. The van der Waals surface area contributed by atoms with Crippen LogP contribution < -0.4 is 0 Å². The summed E-state index contributed by atoms with van der Waals surface area (Å²) in [7, 11) is 0. The summed E-state index contributed by atoms with van der Waals surface area (Å²) >= 11 is 0. The topological polar surface area (TPSA) is 46.3 Å². The normalized spacial score (nSPS) is 12.0. The molecule has 0 fully saturated rings. The van der Waals surface area contributed by atoms with Gasteiger partial charge in [-0.3, -0.25) is 0 Å². The second kappa shape index (κ2) is 5.35. The summed E-state index contributed by atoms with van der Waals surface area (Å²) in [5, 5.41) is 10.3. The number of nitrogens with zero attached hydrogens (tertiary/aromatic N) is 1. The Morgan fingerprint density at radius 3 is 2.44 bits per heavy atom. The Bertz CT molecular complexity index is 1080. The maximum atomic E-state index is 10.3. The van der Waals surface area contributed by atoms with E-state index in [0.29, 0.717) is 0 Å². The first kappa shape index (κ1) is 14.1. The second-order valence-electron chi connectivity index (χ2n) is 6.21. The highest BCUT2D eigenvalue weighted by Crippen LogP contribution is 2.43. The molecule has 2 aromatic heterocycles. The number of benzene rings is 2. The minimum atomic E-state index is 0.228. The molecule has 0 radical (unpaired) electrons. The maximum Gasteiger partial charge on any atom is 0.134 e. The van der Waals surface area contributed by atoms with Crippen LogP contribution in [0.4, 0.5) is 0 Å². The minimum Gasteiger partial charge on any atom is -0.507 e. The van der Waals surface area contributed by atoms with Gasteiger partial charge in [-0.15, -0.1) is 0 Å². The number of rotatable bonds is 2. The van der Waals surface area contributed by atoms with E-state index < -0.39 is 0 Å². The highest BCUT2D eigenvalue weighted by molar-refractivity contribution is 5.85. The van der Waals surface area contributed by atoms with Gasteiger partial charge in [-0.05, 0) is 41.5 Å². The van der Waals surface area contributed by atoms with Gasteiger partial charge in [-0.25, -0.2) is 4.98 Å². The van der Waals surface area contributed by atoms with Crippen molar-refractivity contribution >= 4 is 0 Å². The van der Waals surface area contributed by atoms with Crippen LogP contribution in [0.2, 0.25) is 0 Å². The summed E-state index contributed by atoms with van der Waals surface area (Å²) in [6.07, 6.45) is 2.53. The van der Waals surface area contributed by atoms with Crippen molar-refractivity contribution in [3.8, 4) is 39.6 Å². The van der Waals surface area contributed by atoms with Crippen LogP contribution in [0.1, 0.15) is 11.1 Å². The van der Waals surface area contributed by atoms with E-state index in [4.69, 9.17) is 9.40 Å². The van der Waals surface area contributed by atoms with Crippen molar-refractivity contribution in [1.82, 2.24) is 4.98 Å². The molecule has 0 aliphatic heterocycles. The summed E-state index contributed by atoms with van der Waals surface area (Å²) in [6.45, 7) is 0. The van der Waals surface area contributed by atoms with Crippen LogP contribution in [0.3, 0.4) is 0 Å². The number of aromatic nitrogens is 1. The first-order valence-electron chi connectivity index (χ1n) is 8.26. The lowest BCUT2D eigenvalue weighted by molar-refractivity contribution is 0.477. The Morgan fingerprint density at radius 2 is 1.64 bits per heavy atom. The third-order valence-electron chi connectivity index (χ3n) is 4.73. The van der Waals surface area contributed by atoms with Crippen molar-refractivity contribution in [1.29, 1.82) is 0 Å². The molecule has 120 valence electrons. The summed E-state index contributed by atoms with van der Waals surface area (Å²) < 4.78 is 5.67. The van der Waals surface area contributed by atoms with Crippen LogP contribution in [0, 0.1) is 0 Å². The van der Waals surface area contributed by atoms with Crippen LogP contribution >= 0.6 is 0 Å². The molecule has 0 spiro atoms. The molecule has 0 atom stereocenters. The molecule has 3 nitrogen and oxygen atoms in total. The molecule has 1 aliphatic carbocycles. The van der Waals surface area contributed by atoms with Gasteiger partial charge in [0.2, 0.25) is 0 Å². The Hall–Kier alpha value is -3.33. The lowest BCUT2D eigenvalue weighted by Crippen LogP contribution is -1.94. The molecule has 0 unspecified atom stereocenters. The first-order valence-corrected chi connectivity index (χ1v) is 8.26. The predicted octanol–water partition coefficient (Wildman–Crippen LogP) is 5.29. The molecule has 3 heteroatoms. The minimum absolute atomic E-state index is 0.228. The highest BCUT2D eigenvalue weighted by Gasteiger charge is 2.25. The van der Waals surface area contributed by atoms with Gasteiger partial charge >= 0.3 is 0 Å². The van der Waals surface area contributed by atoms with E-state index in [1.165, 1.54) is 11.1 Å². The molecular formula is C22H15NO2. The molecule has 25 heavy (non-hydrogen) atoms. The number of hydrogen-bond donors (Lipinski definition) is 1. The van der Waals surface area contributed by atoms with E-state index in [1.807, 2.05) is 42.5 Å². The fourth-order valence-electron chi connectivity index (χ4n) is 3.55. The second-order valence-corrected chi connectivity index (χ2v) is 6.21. The van der Waals surface area contributed by atoms with Gasteiger partial charge in [0.1, 0.15) is 11.5 Å². The summed E-state index contributed by atoms with van der Waals surface area (Å²) in [6, 6.07) is 21.5. The predicted molar refractivity (Wildman–Crippen MR) is 97.3 cm³/mol. The molecule has 2 heterocycles. The molecule has 0 bridgehead atoms. The zero-order chi connectivity index (χ0) is 16.8. The van der Waals surface area contributed by atoms with Crippen LogP contribution in [0.5, 0.6) is 5.75 Å². The van der Waals surface area contributed by atoms with E-state index in [9.17, 15) is 5.11 Å². The van der Waals surface area contributed by atoms with E-state index in [1.54, 1.807) is 12.3 Å². The first-order chi connectivity index (χ1) is 12.3. The van der Waals surface area contributed by atoms with Crippen LogP contribution in [-0.2, 0) is 6.42 Å². The van der Waals surface area contributed by atoms with Crippen LogP contribution in [0.15, 0.2) is 77.4 Å². The standard InChI is InChI=1S/C22H15NO2/c24-20-9-4-3-8-16(20)19-13-17(21-10-5-11-25-21)18-12-14-6-1-2-7-15(14)22(18)23-19/h1-11,13,24H,12H2. The molecule has 0 saturated carbocycles. The molecule has 1 N–H and O–H groups in total. The van der Waals surface area contributed by atoms with Gasteiger partial charge < -0.3 is 9.52 Å². The number of para-hydroxylation sites is 1. The number of phenolic OH excluding ortho intramolecular Hbond substituents is 1. The lowest BCUT2D eigenvalue weighted by Gasteiger charge is -2.11. The number of fused-ring (bicyclic) bond motifs is 3. The molecule has 0 amide bonds. The number of furan rings is 1. The lowest BCUT2D eigenvalue weighted by atomic mass is 10.00. The third kappa shape index (κ3) is 2.17. The van der Waals surface area contributed by atoms with Gasteiger partial charge in [0.05, 0.1) is 17.7 Å². The van der Waals surface area contributed by atoms with Crippen molar-refractivity contribution in [2.24, 2.45) is 0 Å². The van der Waals surface area contributed by atoms with E-state index >= 15 is 0 Å². The zero-order valence-corrected chi connectivity index (χ0v) is 13.4. The summed E-state index contributed by atoms with van der Waals surface area (Å²) in [5.74, 6) is 1.05. The van der Waals surface area contributed by atoms with Gasteiger partial charge in [-0.2, -0.15) is 0 Å². The Balaban J connectivity index is 1.81. The third-order valence-corrected chi connectivity index (χ3v) is 4.73. The van der Waals surface area contributed by atoms with Crippen molar-refractivity contribution in [3.63, 3.8) is 0 Å². The molecule has 0 saturated heterocycles. The molecule has 1 aliphatic rings. The SMILES string of the molecule is Oc1ccccc1-c1cc(-c2ccco2)c2c(n1)-c1ccccc1C2. The Morgan fingerprint density at radius 1 is 0.840 bits per heavy atom. The number of hydrogen-bond acceptors (Lipinski definition) is 3. The smallest absolute Gasteiger partial charge is 0.134 e.